The van der Waals surface area contributed by atoms with E-state index in [0.717, 1.165) is 24.5 Å². The first-order valence-corrected chi connectivity index (χ1v) is 10.3. The topological polar surface area (TPSA) is 75.9 Å². The molecule has 30 heavy (non-hydrogen) atoms. The Kier molecular flexibility index (Phi) is 6.02. The number of aryl methyl sites for hydroxylation is 1. The average molecular weight is 408 g/mol. The first-order valence-electron chi connectivity index (χ1n) is 10.3. The van der Waals surface area contributed by atoms with E-state index in [9.17, 15) is 9.18 Å². The van der Waals surface area contributed by atoms with Gasteiger partial charge in [0, 0.05) is 25.8 Å². The molecule has 1 aliphatic heterocycles. The lowest BCUT2D eigenvalue weighted by atomic mass is 10.2. The summed E-state index contributed by atoms with van der Waals surface area (Å²) >= 11 is 0. The lowest BCUT2D eigenvalue weighted by Gasteiger charge is -2.21. The lowest BCUT2D eigenvalue weighted by Crippen LogP contribution is -2.26. The van der Waals surface area contributed by atoms with Crippen molar-refractivity contribution in [2.45, 2.75) is 39.2 Å². The number of benzene rings is 1. The molecular weight excluding hydrogens is 383 g/mol. The smallest absolute Gasteiger partial charge is 0.291 e. The van der Waals surface area contributed by atoms with Crippen LogP contribution in [-0.4, -0.2) is 38.7 Å². The summed E-state index contributed by atoms with van der Waals surface area (Å²) in [5.74, 6) is 0.920. The van der Waals surface area contributed by atoms with Crippen molar-refractivity contribution < 1.29 is 9.18 Å². The van der Waals surface area contributed by atoms with Crippen LogP contribution < -0.4 is 10.2 Å². The minimum Gasteiger partial charge on any atom is -0.357 e. The summed E-state index contributed by atoms with van der Waals surface area (Å²) in [4.78, 5) is 23.6. The second-order valence-electron chi connectivity index (χ2n) is 7.48. The quantitative estimate of drug-likeness (QED) is 0.700. The van der Waals surface area contributed by atoms with Gasteiger partial charge in [-0.05, 0) is 55.7 Å². The fourth-order valence-corrected chi connectivity index (χ4v) is 3.58. The van der Waals surface area contributed by atoms with Crippen molar-refractivity contribution in [3.8, 4) is 5.69 Å². The van der Waals surface area contributed by atoms with Gasteiger partial charge in [0.15, 0.2) is 0 Å². The van der Waals surface area contributed by atoms with Gasteiger partial charge in [0.2, 0.25) is 5.82 Å². The Bertz CT molecular complexity index is 991. The maximum atomic E-state index is 13.1. The molecule has 3 heterocycles. The number of hydrogen-bond donors (Lipinski definition) is 1. The van der Waals surface area contributed by atoms with Crippen LogP contribution in [0.25, 0.3) is 5.69 Å². The van der Waals surface area contributed by atoms with Gasteiger partial charge in [-0.3, -0.25) is 4.79 Å². The second-order valence-corrected chi connectivity index (χ2v) is 7.48. The number of amides is 1. The molecular formula is C22H25FN6O. The number of hydrogen-bond acceptors (Lipinski definition) is 5. The monoisotopic (exact) mass is 408 g/mol. The third-order valence-corrected chi connectivity index (χ3v) is 5.24. The van der Waals surface area contributed by atoms with Gasteiger partial charge >= 0.3 is 0 Å². The van der Waals surface area contributed by atoms with Crippen LogP contribution in [0.1, 0.15) is 47.7 Å². The number of aromatic nitrogens is 4. The van der Waals surface area contributed by atoms with Gasteiger partial charge in [-0.1, -0.05) is 18.9 Å². The van der Waals surface area contributed by atoms with E-state index in [4.69, 9.17) is 0 Å². The molecule has 1 aliphatic rings. The van der Waals surface area contributed by atoms with E-state index in [-0.39, 0.29) is 17.5 Å². The number of anilines is 1. The zero-order valence-electron chi connectivity index (χ0n) is 17.0. The summed E-state index contributed by atoms with van der Waals surface area (Å²) in [7, 11) is 0. The molecule has 8 heteroatoms. The number of halogens is 1. The molecule has 1 fully saturated rings. The molecule has 0 atom stereocenters. The lowest BCUT2D eigenvalue weighted by molar-refractivity contribution is 0.0940. The molecule has 4 rings (SSSR count). The molecule has 0 saturated carbocycles. The maximum absolute atomic E-state index is 13.1. The maximum Gasteiger partial charge on any atom is 0.291 e. The highest BCUT2D eigenvalue weighted by molar-refractivity contribution is 5.90. The van der Waals surface area contributed by atoms with E-state index in [0.29, 0.717) is 18.1 Å². The third kappa shape index (κ3) is 4.64. The van der Waals surface area contributed by atoms with Crippen LogP contribution >= 0.6 is 0 Å². The standard InChI is InChI=1S/C22H25FN6O/c1-16-26-21(27-29(16)19-9-7-18(23)8-10-19)22(30)25-15-17-6-11-20(24-14-17)28-12-4-2-3-5-13-28/h6-11,14H,2-5,12-13,15H2,1H3,(H,25,30). The predicted octanol–water partition coefficient (Wildman–Crippen LogP) is 3.42. The predicted molar refractivity (Wildman–Crippen MR) is 112 cm³/mol. The molecule has 0 spiro atoms. The van der Waals surface area contributed by atoms with Crippen LogP contribution in [0.15, 0.2) is 42.6 Å². The minimum atomic E-state index is -0.365. The average Bonchev–Trinajstić information content (AvgIpc) is 2.97. The van der Waals surface area contributed by atoms with Crippen LogP contribution in [0.4, 0.5) is 10.2 Å². The summed E-state index contributed by atoms with van der Waals surface area (Å²) in [6.07, 6.45) is 6.78. The molecule has 1 saturated heterocycles. The van der Waals surface area contributed by atoms with Crippen molar-refractivity contribution in [3.05, 3.63) is 65.6 Å². The van der Waals surface area contributed by atoms with Crippen LogP contribution in [-0.2, 0) is 6.54 Å². The Hall–Kier alpha value is -3.29. The molecule has 156 valence electrons. The minimum absolute atomic E-state index is 0.0750. The van der Waals surface area contributed by atoms with E-state index >= 15 is 0 Å². The summed E-state index contributed by atoms with van der Waals surface area (Å²) in [5, 5.41) is 7.09. The Morgan fingerprint density at radius 1 is 1.07 bits per heavy atom. The molecule has 3 aromatic rings. The van der Waals surface area contributed by atoms with Gasteiger partial charge in [-0.2, -0.15) is 0 Å². The van der Waals surface area contributed by atoms with E-state index < -0.39 is 0 Å². The summed E-state index contributed by atoms with van der Waals surface area (Å²) < 4.78 is 14.6. The van der Waals surface area contributed by atoms with E-state index in [1.807, 2.05) is 12.1 Å². The van der Waals surface area contributed by atoms with Crippen molar-refractivity contribution in [3.63, 3.8) is 0 Å². The van der Waals surface area contributed by atoms with Crippen molar-refractivity contribution in [1.82, 2.24) is 25.1 Å². The molecule has 2 aromatic heterocycles. The fourth-order valence-electron chi connectivity index (χ4n) is 3.58. The third-order valence-electron chi connectivity index (χ3n) is 5.24. The molecule has 1 aromatic carbocycles. The van der Waals surface area contributed by atoms with Crippen LogP contribution in [0.5, 0.6) is 0 Å². The van der Waals surface area contributed by atoms with Crippen molar-refractivity contribution in [2.24, 2.45) is 0 Å². The summed E-state index contributed by atoms with van der Waals surface area (Å²) in [5.41, 5.74) is 1.56. The van der Waals surface area contributed by atoms with E-state index in [2.05, 4.69) is 25.3 Å². The van der Waals surface area contributed by atoms with Crippen LogP contribution in [0.2, 0.25) is 0 Å². The summed E-state index contributed by atoms with van der Waals surface area (Å²) in [6.45, 7) is 4.19. The Labute approximate surface area is 175 Å². The Morgan fingerprint density at radius 3 is 2.47 bits per heavy atom. The number of carbonyl (C=O) groups is 1. The normalized spacial score (nSPS) is 14.4. The van der Waals surface area contributed by atoms with E-state index in [1.165, 1.54) is 42.5 Å². The largest absolute Gasteiger partial charge is 0.357 e. The molecule has 0 bridgehead atoms. The first kappa shape index (κ1) is 20.0. The van der Waals surface area contributed by atoms with E-state index in [1.54, 1.807) is 25.3 Å². The van der Waals surface area contributed by atoms with Gasteiger partial charge in [0.05, 0.1) is 5.69 Å². The van der Waals surface area contributed by atoms with Crippen LogP contribution in [0, 0.1) is 12.7 Å². The van der Waals surface area contributed by atoms with Gasteiger partial charge in [0.25, 0.3) is 5.91 Å². The SMILES string of the molecule is Cc1nc(C(=O)NCc2ccc(N3CCCCCC3)nc2)nn1-c1ccc(F)cc1. The van der Waals surface area contributed by atoms with Gasteiger partial charge in [0.1, 0.15) is 17.5 Å². The van der Waals surface area contributed by atoms with Crippen LogP contribution in [0.3, 0.4) is 0 Å². The van der Waals surface area contributed by atoms with Gasteiger partial charge < -0.3 is 10.2 Å². The Morgan fingerprint density at radius 2 is 1.80 bits per heavy atom. The van der Waals surface area contributed by atoms with Crippen molar-refractivity contribution in [2.75, 3.05) is 18.0 Å². The highest BCUT2D eigenvalue weighted by Crippen LogP contribution is 2.17. The molecule has 0 unspecified atom stereocenters. The first-order chi connectivity index (χ1) is 14.6. The number of pyridine rings is 1. The molecule has 0 radical (unpaired) electrons. The number of rotatable bonds is 5. The van der Waals surface area contributed by atoms with Gasteiger partial charge in [-0.25, -0.2) is 19.0 Å². The highest BCUT2D eigenvalue weighted by Gasteiger charge is 2.16. The van der Waals surface area contributed by atoms with Gasteiger partial charge in [-0.15, -0.1) is 5.10 Å². The Balaban J connectivity index is 1.37. The van der Waals surface area contributed by atoms with Crippen molar-refractivity contribution >= 4 is 11.7 Å². The zero-order valence-corrected chi connectivity index (χ0v) is 17.0. The van der Waals surface area contributed by atoms with Crippen molar-refractivity contribution in [1.29, 1.82) is 0 Å². The number of nitrogens with zero attached hydrogens (tertiary/aromatic N) is 5. The zero-order chi connectivity index (χ0) is 20.9. The second kappa shape index (κ2) is 9.02. The molecule has 7 nitrogen and oxygen atoms in total. The highest BCUT2D eigenvalue weighted by atomic mass is 19.1. The number of nitrogens with one attached hydrogen (secondary N) is 1. The number of carbonyl (C=O) groups excluding carboxylic acids is 1. The molecule has 1 N–H and O–H groups in total. The summed E-state index contributed by atoms with van der Waals surface area (Å²) in [6, 6.07) is 9.88. The molecule has 1 amide bonds. The molecule has 0 aliphatic carbocycles. The fraction of sp³-hybridized carbons (Fsp3) is 0.364.